The zero-order valence-corrected chi connectivity index (χ0v) is 17.1. The smallest absolute Gasteiger partial charge is 0.261 e. The van der Waals surface area contributed by atoms with Crippen molar-refractivity contribution in [3.63, 3.8) is 0 Å². The van der Waals surface area contributed by atoms with Gasteiger partial charge < -0.3 is 10.4 Å². The van der Waals surface area contributed by atoms with Crippen molar-refractivity contribution in [2.45, 2.75) is 70.8 Å². The number of rotatable bonds is 5. The molecule has 6 heteroatoms. The third-order valence-electron chi connectivity index (χ3n) is 6.49. The summed E-state index contributed by atoms with van der Waals surface area (Å²) in [5.41, 5.74) is 1.04. The van der Waals surface area contributed by atoms with Gasteiger partial charge in [-0.15, -0.1) is 11.3 Å². The van der Waals surface area contributed by atoms with Crippen molar-refractivity contribution < 1.29 is 9.90 Å². The van der Waals surface area contributed by atoms with Gasteiger partial charge in [0.1, 0.15) is 4.83 Å². The highest BCUT2D eigenvalue weighted by Crippen LogP contribution is 2.35. The molecule has 0 saturated heterocycles. The first kappa shape index (κ1) is 18.9. The number of aliphatic hydroxyl groups is 1. The maximum absolute atomic E-state index is 12.7. The van der Waals surface area contributed by atoms with Crippen LogP contribution in [0.25, 0.3) is 10.2 Å². The summed E-state index contributed by atoms with van der Waals surface area (Å²) in [4.78, 5) is 14.7. The van der Waals surface area contributed by atoms with Gasteiger partial charge in [-0.05, 0) is 63.4 Å². The number of aliphatic hydroxyl groups excluding tert-OH is 1. The molecular formula is C21H31N3O2S. The normalized spacial score (nSPS) is 24.4. The van der Waals surface area contributed by atoms with Crippen molar-refractivity contribution in [3.05, 3.63) is 16.6 Å². The number of amides is 1. The average Bonchev–Trinajstić information content (AvgIpc) is 3.28. The molecule has 4 rings (SSSR count). The minimum atomic E-state index is 0.0510. The molecule has 2 saturated carbocycles. The number of hydrogen-bond donors (Lipinski definition) is 2. The molecule has 2 aliphatic carbocycles. The maximum atomic E-state index is 12.7. The summed E-state index contributed by atoms with van der Waals surface area (Å²) in [5, 5.41) is 18.3. The molecule has 2 heterocycles. The Morgan fingerprint density at radius 2 is 1.89 bits per heavy atom. The minimum Gasteiger partial charge on any atom is -0.396 e. The second-order valence-corrected chi connectivity index (χ2v) is 9.46. The van der Waals surface area contributed by atoms with Gasteiger partial charge in [-0.2, -0.15) is 5.10 Å². The van der Waals surface area contributed by atoms with Crippen LogP contribution in [0.4, 0.5) is 0 Å². The summed E-state index contributed by atoms with van der Waals surface area (Å²) >= 11 is 1.59. The second kappa shape index (κ2) is 8.31. The SMILES string of the molecule is Cc1nn(C2CCCCC2)c2sc(C(=O)NC[C@H]3CC[C@H](CO)CC3)cc12. The van der Waals surface area contributed by atoms with Gasteiger partial charge in [-0.3, -0.25) is 9.48 Å². The Hall–Kier alpha value is -1.40. The van der Waals surface area contributed by atoms with Crippen LogP contribution in [0.1, 0.15) is 79.2 Å². The van der Waals surface area contributed by atoms with Crippen molar-refractivity contribution >= 4 is 27.5 Å². The summed E-state index contributed by atoms with van der Waals surface area (Å²) in [7, 11) is 0. The Morgan fingerprint density at radius 1 is 1.19 bits per heavy atom. The van der Waals surface area contributed by atoms with Crippen LogP contribution < -0.4 is 5.32 Å². The van der Waals surface area contributed by atoms with Gasteiger partial charge in [-0.1, -0.05) is 19.3 Å². The van der Waals surface area contributed by atoms with E-state index in [4.69, 9.17) is 5.10 Å². The van der Waals surface area contributed by atoms with E-state index in [1.807, 2.05) is 6.07 Å². The standard InChI is InChI=1S/C21H31N3O2S/c1-14-18-11-19(20(26)22-12-15-7-9-16(13-25)10-8-15)27-21(18)24(23-14)17-5-3-2-4-6-17/h11,15-17,25H,2-10,12-13H2,1H3,(H,22,26)/t15-,16-. The topological polar surface area (TPSA) is 67.2 Å². The van der Waals surface area contributed by atoms with E-state index in [-0.39, 0.29) is 5.91 Å². The maximum Gasteiger partial charge on any atom is 0.261 e. The Kier molecular flexibility index (Phi) is 5.83. The predicted octanol–water partition coefficient (Wildman–Crippen LogP) is 4.44. The molecule has 0 unspecified atom stereocenters. The molecule has 2 aliphatic rings. The van der Waals surface area contributed by atoms with Crippen molar-refractivity contribution in [2.75, 3.05) is 13.2 Å². The van der Waals surface area contributed by atoms with Crippen molar-refractivity contribution in [3.8, 4) is 0 Å². The van der Waals surface area contributed by atoms with Gasteiger partial charge in [0.25, 0.3) is 5.91 Å². The van der Waals surface area contributed by atoms with Crippen LogP contribution in [0.3, 0.4) is 0 Å². The number of nitrogens with one attached hydrogen (secondary N) is 1. The van der Waals surface area contributed by atoms with E-state index >= 15 is 0 Å². The number of aromatic nitrogens is 2. The fourth-order valence-corrected chi connectivity index (χ4v) is 5.85. The molecule has 0 aliphatic heterocycles. The highest BCUT2D eigenvalue weighted by molar-refractivity contribution is 7.20. The van der Waals surface area contributed by atoms with Gasteiger partial charge >= 0.3 is 0 Å². The predicted molar refractivity (Wildman–Crippen MR) is 109 cm³/mol. The fourth-order valence-electron chi connectivity index (χ4n) is 4.70. The molecular weight excluding hydrogens is 358 g/mol. The van der Waals surface area contributed by atoms with Crippen molar-refractivity contribution in [1.29, 1.82) is 0 Å². The van der Waals surface area contributed by atoms with E-state index in [1.54, 1.807) is 11.3 Å². The van der Waals surface area contributed by atoms with Gasteiger partial charge in [-0.25, -0.2) is 0 Å². The van der Waals surface area contributed by atoms with E-state index in [0.29, 0.717) is 24.5 Å². The fraction of sp³-hybridized carbons (Fsp3) is 0.714. The van der Waals surface area contributed by atoms with E-state index in [9.17, 15) is 9.90 Å². The van der Waals surface area contributed by atoms with Gasteiger partial charge in [0.05, 0.1) is 16.6 Å². The molecule has 0 atom stereocenters. The third kappa shape index (κ3) is 4.06. The highest BCUT2D eigenvalue weighted by Gasteiger charge is 2.24. The number of thiophene rings is 1. The third-order valence-corrected chi connectivity index (χ3v) is 7.61. The second-order valence-electron chi connectivity index (χ2n) is 8.43. The van der Waals surface area contributed by atoms with E-state index in [0.717, 1.165) is 53.0 Å². The van der Waals surface area contributed by atoms with Crippen LogP contribution in [0.5, 0.6) is 0 Å². The number of carbonyl (C=O) groups is 1. The van der Waals surface area contributed by atoms with Crippen LogP contribution in [0.2, 0.25) is 0 Å². The molecule has 2 aromatic heterocycles. The number of aryl methyl sites for hydroxylation is 1. The molecule has 2 N–H and O–H groups in total. The average molecular weight is 390 g/mol. The molecule has 0 aromatic carbocycles. The first-order valence-corrected chi connectivity index (χ1v) is 11.3. The monoisotopic (exact) mass is 389 g/mol. The van der Waals surface area contributed by atoms with Crippen LogP contribution in [-0.2, 0) is 0 Å². The van der Waals surface area contributed by atoms with Crippen LogP contribution in [0.15, 0.2) is 6.07 Å². The summed E-state index contributed by atoms with van der Waals surface area (Å²) in [6.07, 6.45) is 10.7. The van der Waals surface area contributed by atoms with Gasteiger partial charge in [0.2, 0.25) is 0 Å². The molecule has 1 amide bonds. The van der Waals surface area contributed by atoms with Crippen molar-refractivity contribution in [2.24, 2.45) is 11.8 Å². The summed E-state index contributed by atoms with van der Waals surface area (Å²) in [6.45, 7) is 3.10. The number of nitrogens with zero attached hydrogens (tertiary/aromatic N) is 2. The highest BCUT2D eigenvalue weighted by atomic mass is 32.1. The van der Waals surface area contributed by atoms with Gasteiger partial charge in [0.15, 0.2) is 0 Å². The lowest BCUT2D eigenvalue weighted by atomic mass is 9.82. The van der Waals surface area contributed by atoms with E-state index in [1.165, 1.54) is 32.1 Å². The minimum absolute atomic E-state index is 0.0510. The molecule has 2 fully saturated rings. The quantitative estimate of drug-likeness (QED) is 0.794. The summed E-state index contributed by atoms with van der Waals surface area (Å²) in [6, 6.07) is 2.52. The van der Waals surface area contributed by atoms with Crippen molar-refractivity contribution in [1.82, 2.24) is 15.1 Å². The number of fused-ring (bicyclic) bond motifs is 1. The Bertz CT molecular complexity index is 783. The Morgan fingerprint density at radius 3 is 2.59 bits per heavy atom. The lowest BCUT2D eigenvalue weighted by molar-refractivity contribution is 0.0941. The van der Waals surface area contributed by atoms with Crippen LogP contribution in [0, 0.1) is 18.8 Å². The van der Waals surface area contributed by atoms with E-state index < -0.39 is 0 Å². The molecule has 0 radical (unpaired) electrons. The van der Waals surface area contributed by atoms with Crippen LogP contribution in [-0.4, -0.2) is 33.9 Å². The lowest BCUT2D eigenvalue weighted by Gasteiger charge is -2.27. The first-order chi connectivity index (χ1) is 13.2. The zero-order valence-electron chi connectivity index (χ0n) is 16.2. The summed E-state index contributed by atoms with van der Waals surface area (Å²) < 4.78 is 2.20. The molecule has 0 bridgehead atoms. The Labute approximate surface area is 165 Å². The summed E-state index contributed by atoms with van der Waals surface area (Å²) in [5.74, 6) is 1.06. The number of carbonyl (C=O) groups excluding carboxylic acids is 1. The largest absolute Gasteiger partial charge is 0.396 e. The first-order valence-electron chi connectivity index (χ1n) is 10.5. The number of hydrogen-bond acceptors (Lipinski definition) is 4. The zero-order chi connectivity index (χ0) is 18.8. The Balaban J connectivity index is 1.42. The lowest BCUT2D eigenvalue weighted by Crippen LogP contribution is -2.31. The van der Waals surface area contributed by atoms with Gasteiger partial charge in [0, 0.05) is 18.5 Å². The van der Waals surface area contributed by atoms with E-state index in [2.05, 4.69) is 16.9 Å². The molecule has 27 heavy (non-hydrogen) atoms. The molecule has 148 valence electrons. The molecule has 0 spiro atoms. The van der Waals surface area contributed by atoms with Crippen LogP contribution >= 0.6 is 11.3 Å². The molecule has 2 aromatic rings. The molecule has 5 nitrogen and oxygen atoms in total.